The highest BCUT2D eigenvalue weighted by atomic mass is 16.6. The van der Waals surface area contributed by atoms with Crippen LogP contribution in [0.1, 0.15) is 19.8 Å². The van der Waals surface area contributed by atoms with E-state index in [1.165, 1.54) is 12.8 Å². The molecular formula is C9H14O3. The Hall–Kier alpha value is -0.570. The molecule has 0 spiro atoms. The van der Waals surface area contributed by atoms with Crippen molar-refractivity contribution >= 4 is 5.97 Å². The summed E-state index contributed by atoms with van der Waals surface area (Å²) in [4.78, 5) is 10.9. The van der Waals surface area contributed by atoms with Crippen molar-refractivity contribution in [2.24, 2.45) is 11.8 Å². The summed E-state index contributed by atoms with van der Waals surface area (Å²) in [5, 5.41) is 0. The van der Waals surface area contributed by atoms with Gasteiger partial charge in [0.05, 0.1) is 6.61 Å². The van der Waals surface area contributed by atoms with Crippen LogP contribution in [0.25, 0.3) is 0 Å². The standard InChI is InChI=1S/C9H14O3/c1-6-2-7(3-6)8-4-11-5-9(10)12-8/h6-8H,2-5H2,1H3. The number of carbonyl (C=O) groups excluding carboxylic acids is 1. The molecule has 68 valence electrons. The van der Waals surface area contributed by atoms with Crippen molar-refractivity contribution in [3.05, 3.63) is 0 Å². The molecule has 1 unspecified atom stereocenters. The summed E-state index contributed by atoms with van der Waals surface area (Å²) >= 11 is 0. The van der Waals surface area contributed by atoms with E-state index in [2.05, 4.69) is 6.92 Å². The van der Waals surface area contributed by atoms with Gasteiger partial charge < -0.3 is 9.47 Å². The third kappa shape index (κ3) is 1.46. The molecule has 0 N–H and O–H groups in total. The minimum atomic E-state index is -0.203. The second-order valence-corrected chi connectivity index (χ2v) is 3.88. The Morgan fingerprint density at radius 1 is 1.42 bits per heavy atom. The Bertz CT molecular complexity index is 184. The predicted molar refractivity (Wildman–Crippen MR) is 42.6 cm³/mol. The lowest BCUT2D eigenvalue weighted by molar-refractivity contribution is -0.179. The smallest absolute Gasteiger partial charge is 0.332 e. The van der Waals surface area contributed by atoms with Crippen LogP contribution >= 0.6 is 0 Å². The molecule has 0 bridgehead atoms. The first-order valence-electron chi connectivity index (χ1n) is 4.53. The average Bonchev–Trinajstić information content (AvgIpc) is 1.99. The van der Waals surface area contributed by atoms with Crippen molar-refractivity contribution in [2.75, 3.05) is 13.2 Å². The Morgan fingerprint density at radius 2 is 2.17 bits per heavy atom. The Kier molecular flexibility index (Phi) is 2.05. The van der Waals surface area contributed by atoms with Crippen molar-refractivity contribution in [3.63, 3.8) is 0 Å². The fourth-order valence-corrected chi connectivity index (χ4v) is 2.00. The monoisotopic (exact) mass is 170 g/mol. The molecule has 1 aliphatic heterocycles. The largest absolute Gasteiger partial charge is 0.458 e. The second kappa shape index (κ2) is 3.05. The van der Waals surface area contributed by atoms with E-state index in [1.807, 2.05) is 0 Å². The maximum atomic E-state index is 10.9. The first-order chi connectivity index (χ1) is 5.75. The van der Waals surface area contributed by atoms with Crippen LogP contribution in [0.2, 0.25) is 0 Å². The summed E-state index contributed by atoms with van der Waals surface area (Å²) in [6.07, 6.45) is 2.41. The first-order valence-corrected chi connectivity index (χ1v) is 4.53. The molecule has 1 heterocycles. The zero-order chi connectivity index (χ0) is 8.55. The summed E-state index contributed by atoms with van der Waals surface area (Å²) in [6.45, 7) is 2.96. The molecule has 1 aliphatic carbocycles. The minimum absolute atomic E-state index is 0.0439. The van der Waals surface area contributed by atoms with Crippen molar-refractivity contribution in [2.45, 2.75) is 25.9 Å². The van der Waals surface area contributed by atoms with Gasteiger partial charge in [-0.05, 0) is 24.7 Å². The molecule has 2 aliphatic rings. The van der Waals surface area contributed by atoms with Gasteiger partial charge in [-0.1, -0.05) is 6.92 Å². The van der Waals surface area contributed by atoms with E-state index in [4.69, 9.17) is 9.47 Å². The van der Waals surface area contributed by atoms with Crippen LogP contribution < -0.4 is 0 Å². The summed E-state index contributed by atoms with van der Waals surface area (Å²) in [5.74, 6) is 1.16. The molecule has 3 nitrogen and oxygen atoms in total. The molecule has 0 aromatic heterocycles. The third-order valence-corrected chi connectivity index (χ3v) is 2.72. The van der Waals surface area contributed by atoms with Gasteiger partial charge >= 0.3 is 5.97 Å². The zero-order valence-corrected chi connectivity index (χ0v) is 7.29. The van der Waals surface area contributed by atoms with Gasteiger partial charge in [0.15, 0.2) is 0 Å². The Morgan fingerprint density at radius 3 is 2.75 bits per heavy atom. The molecule has 2 fully saturated rings. The molecule has 0 aromatic carbocycles. The molecule has 1 atom stereocenters. The number of cyclic esters (lactones) is 1. The molecule has 12 heavy (non-hydrogen) atoms. The molecule has 0 amide bonds. The number of esters is 1. The van der Waals surface area contributed by atoms with E-state index in [0.717, 1.165) is 5.92 Å². The normalized spacial score (nSPS) is 41.8. The summed E-state index contributed by atoms with van der Waals surface area (Å²) in [7, 11) is 0. The van der Waals surface area contributed by atoms with Crippen molar-refractivity contribution in [1.29, 1.82) is 0 Å². The van der Waals surface area contributed by atoms with E-state index in [-0.39, 0.29) is 18.7 Å². The highest BCUT2D eigenvalue weighted by molar-refractivity contribution is 5.71. The first kappa shape index (κ1) is 8.05. The SMILES string of the molecule is CC1CC(C2COCC(=O)O2)C1. The van der Waals surface area contributed by atoms with E-state index < -0.39 is 0 Å². The van der Waals surface area contributed by atoms with Gasteiger partial charge in [0.2, 0.25) is 0 Å². The lowest BCUT2D eigenvalue weighted by Gasteiger charge is -2.39. The quantitative estimate of drug-likeness (QED) is 0.550. The van der Waals surface area contributed by atoms with Crippen LogP contribution in [0.15, 0.2) is 0 Å². The van der Waals surface area contributed by atoms with E-state index >= 15 is 0 Å². The zero-order valence-electron chi connectivity index (χ0n) is 7.29. The fourth-order valence-electron chi connectivity index (χ4n) is 2.00. The maximum absolute atomic E-state index is 10.9. The van der Waals surface area contributed by atoms with Gasteiger partial charge in [-0.2, -0.15) is 0 Å². The van der Waals surface area contributed by atoms with Crippen molar-refractivity contribution in [1.82, 2.24) is 0 Å². The molecule has 3 heteroatoms. The number of hydrogen-bond donors (Lipinski definition) is 0. The van der Waals surface area contributed by atoms with Gasteiger partial charge in [-0.3, -0.25) is 0 Å². The van der Waals surface area contributed by atoms with Gasteiger partial charge in [0, 0.05) is 0 Å². The minimum Gasteiger partial charge on any atom is -0.458 e. The second-order valence-electron chi connectivity index (χ2n) is 3.88. The Labute approximate surface area is 72.0 Å². The lowest BCUT2D eigenvalue weighted by Crippen LogP contribution is -2.42. The molecule has 2 rings (SSSR count). The van der Waals surface area contributed by atoms with E-state index in [9.17, 15) is 4.79 Å². The van der Waals surface area contributed by atoms with E-state index in [0.29, 0.717) is 12.5 Å². The molecule has 1 saturated heterocycles. The Balaban J connectivity index is 1.83. The van der Waals surface area contributed by atoms with Gasteiger partial charge in [0.25, 0.3) is 0 Å². The highest BCUT2D eigenvalue weighted by Crippen LogP contribution is 2.37. The van der Waals surface area contributed by atoms with Crippen molar-refractivity contribution < 1.29 is 14.3 Å². The number of hydrogen-bond acceptors (Lipinski definition) is 3. The summed E-state index contributed by atoms with van der Waals surface area (Å²) in [6, 6.07) is 0. The number of rotatable bonds is 1. The van der Waals surface area contributed by atoms with Crippen molar-refractivity contribution in [3.8, 4) is 0 Å². The van der Waals surface area contributed by atoms with E-state index in [1.54, 1.807) is 0 Å². The van der Waals surface area contributed by atoms with Gasteiger partial charge in [-0.25, -0.2) is 4.79 Å². The molecular weight excluding hydrogens is 156 g/mol. The average molecular weight is 170 g/mol. The van der Waals surface area contributed by atoms with Crippen LogP contribution in [0.5, 0.6) is 0 Å². The highest BCUT2D eigenvalue weighted by Gasteiger charge is 2.36. The summed E-state index contributed by atoms with van der Waals surface area (Å²) < 4.78 is 10.3. The molecule has 0 aromatic rings. The predicted octanol–water partition coefficient (Wildman–Crippen LogP) is 0.975. The van der Waals surface area contributed by atoms with Gasteiger partial charge in [0.1, 0.15) is 12.7 Å². The molecule has 0 radical (unpaired) electrons. The fraction of sp³-hybridized carbons (Fsp3) is 0.889. The van der Waals surface area contributed by atoms with Crippen LogP contribution in [0, 0.1) is 11.8 Å². The van der Waals surface area contributed by atoms with Crippen LogP contribution in [-0.2, 0) is 14.3 Å². The van der Waals surface area contributed by atoms with Crippen LogP contribution in [0.3, 0.4) is 0 Å². The number of carbonyl (C=O) groups is 1. The maximum Gasteiger partial charge on any atom is 0.332 e. The molecule has 1 saturated carbocycles. The van der Waals surface area contributed by atoms with Crippen LogP contribution in [-0.4, -0.2) is 25.3 Å². The van der Waals surface area contributed by atoms with Gasteiger partial charge in [-0.15, -0.1) is 0 Å². The lowest BCUT2D eigenvalue weighted by atomic mass is 9.73. The number of ether oxygens (including phenoxy) is 2. The third-order valence-electron chi connectivity index (χ3n) is 2.72. The topological polar surface area (TPSA) is 35.5 Å². The summed E-state index contributed by atoms with van der Waals surface area (Å²) in [5.41, 5.74) is 0. The van der Waals surface area contributed by atoms with Crippen LogP contribution in [0.4, 0.5) is 0 Å².